The molecule has 2 amide bonds. The van der Waals surface area contributed by atoms with Crippen LogP contribution in [0.25, 0.3) is 0 Å². The molecular formula is C12H20N2O3S. The fraction of sp³-hybridized carbons (Fsp3) is 0.750. The molecule has 1 saturated heterocycles. The molecule has 2 aliphatic rings. The Balaban J connectivity index is 1.87. The number of amides is 2. The maximum absolute atomic E-state index is 12.0. The van der Waals surface area contributed by atoms with Gasteiger partial charge < -0.3 is 10.2 Å². The summed E-state index contributed by atoms with van der Waals surface area (Å²) in [6.07, 6.45) is 9.02. The van der Waals surface area contributed by atoms with Gasteiger partial charge in [0.05, 0.1) is 5.25 Å². The Hall–Kier alpha value is -1.04. The van der Waals surface area contributed by atoms with E-state index in [1.165, 1.54) is 6.26 Å². The van der Waals surface area contributed by atoms with E-state index in [1.807, 2.05) is 6.08 Å². The van der Waals surface area contributed by atoms with E-state index in [0.717, 1.165) is 19.3 Å². The summed E-state index contributed by atoms with van der Waals surface area (Å²) in [5.74, 6) is 0. The van der Waals surface area contributed by atoms with Crippen molar-refractivity contribution in [3.05, 3.63) is 12.2 Å². The van der Waals surface area contributed by atoms with Crippen LogP contribution in [0.15, 0.2) is 12.2 Å². The fourth-order valence-electron chi connectivity index (χ4n) is 2.44. The normalized spacial score (nSPS) is 28.4. The number of hydrogen-bond acceptors (Lipinski definition) is 3. The van der Waals surface area contributed by atoms with E-state index >= 15 is 0 Å². The van der Waals surface area contributed by atoms with Gasteiger partial charge in [0.2, 0.25) is 0 Å². The fourth-order valence-corrected chi connectivity index (χ4v) is 3.43. The number of urea groups is 1. The molecule has 0 saturated carbocycles. The molecule has 0 radical (unpaired) electrons. The van der Waals surface area contributed by atoms with Crippen LogP contribution >= 0.6 is 0 Å². The number of nitrogens with one attached hydrogen (secondary N) is 1. The summed E-state index contributed by atoms with van der Waals surface area (Å²) >= 11 is 0. The third-order valence-electron chi connectivity index (χ3n) is 3.60. The molecule has 6 heteroatoms. The molecule has 0 bridgehead atoms. The van der Waals surface area contributed by atoms with Gasteiger partial charge in [-0.1, -0.05) is 12.2 Å². The summed E-state index contributed by atoms with van der Waals surface area (Å²) in [4.78, 5) is 13.6. The Morgan fingerprint density at radius 2 is 2.17 bits per heavy atom. The first-order chi connectivity index (χ1) is 8.47. The van der Waals surface area contributed by atoms with Gasteiger partial charge in [-0.15, -0.1) is 0 Å². The quantitative estimate of drug-likeness (QED) is 0.760. The zero-order chi connectivity index (χ0) is 13.2. The van der Waals surface area contributed by atoms with E-state index in [1.54, 1.807) is 4.90 Å². The average Bonchev–Trinajstić information content (AvgIpc) is 2.79. The van der Waals surface area contributed by atoms with Crippen molar-refractivity contribution in [3.8, 4) is 0 Å². The number of sulfone groups is 1. The number of carbonyl (C=O) groups excluding carboxylic acids is 1. The lowest BCUT2D eigenvalue weighted by Gasteiger charge is -2.23. The number of allylic oxidation sites excluding steroid dienone is 1. The van der Waals surface area contributed by atoms with Crippen molar-refractivity contribution in [3.63, 3.8) is 0 Å². The van der Waals surface area contributed by atoms with Crippen molar-refractivity contribution in [1.29, 1.82) is 0 Å². The van der Waals surface area contributed by atoms with E-state index in [-0.39, 0.29) is 12.1 Å². The smallest absolute Gasteiger partial charge is 0.317 e. The first-order valence-electron chi connectivity index (χ1n) is 6.38. The van der Waals surface area contributed by atoms with E-state index < -0.39 is 15.1 Å². The van der Waals surface area contributed by atoms with Crippen LogP contribution in [0.3, 0.4) is 0 Å². The van der Waals surface area contributed by atoms with Crippen molar-refractivity contribution in [2.45, 2.75) is 37.0 Å². The number of rotatable bonds is 2. The molecular weight excluding hydrogens is 252 g/mol. The zero-order valence-corrected chi connectivity index (χ0v) is 11.4. The Morgan fingerprint density at radius 1 is 1.39 bits per heavy atom. The molecule has 1 heterocycles. The van der Waals surface area contributed by atoms with Gasteiger partial charge in [-0.05, 0) is 25.7 Å². The largest absolute Gasteiger partial charge is 0.332 e. The molecule has 1 aliphatic carbocycles. The van der Waals surface area contributed by atoms with Gasteiger partial charge in [0.15, 0.2) is 9.84 Å². The second kappa shape index (κ2) is 5.30. The van der Waals surface area contributed by atoms with Crippen molar-refractivity contribution in [2.75, 3.05) is 19.3 Å². The molecule has 1 N–H and O–H groups in total. The number of nitrogens with zero attached hydrogens (tertiary/aromatic N) is 1. The molecule has 1 aliphatic heterocycles. The monoisotopic (exact) mass is 272 g/mol. The standard InChI is InChI=1S/C12H20N2O3S/c1-18(16,17)11-7-8-14(9-11)12(15)13-10-5-3-2-4-6-10/h3,5,10-11H,2,4,6-9H2,1H3,(H,13,15)/t10-,11-/m1/s1. The van der Waals surface area contributed by atoms with Crippen LogP contribution in [0.4, 0.5) is 4.79 Å². The Kier molecular flexibility index (Phi) is 3.94. The van der Waals surface area contributed by atoms with Gasteiger partial charge in [-0.2, -0.15) is 0 Å². The minimum Gasteiger partial charge on any atom is -0.332 e. The van der Waals surface area contributed by atoms with Crippen LogP contribution in [0, 0.1) is 0 Å². The maximum atomic E-state index is 12.0. The minimum absolute atomic E-state index is 0.100. The molecule has 0 aromatic rings. The summed E-state index contributed by atoms with van der Waals surface area (Å²) in [5, 5.41) is 2.54. The van der Waals surface area contributed by atoms with Crippen LogP contribution in [0.5, 0.6) is 0 Å². The van der Waals surface area contributed by atoms with E-state index in [2.05, 4.69) is 11.4 Å². The van der Waals surface area contributed by atoms with Crippen molar-refractivity contribution in [1.82, 2.24) is 10.2 Å². The summed E-state index contributed by atoms with van der Waals surface area (Å²) in [6.45, 7) is 0.848. The van der Waals surface area contributed by atoms with Crippen LogP contribution in [0.1, 0.15) is 25.7 Å². The predicted molar refractivity (Wildman–Crippen MR) is 70.1 cm³/mol. The third kappa shape index (κ3) is 3.25. The summed E-state index contributed by atoms with van der Waals surface area (Å²) in [6, 6.07) is -0.0405. The number of carbonyl (C=O) groups is 1. The van der Waals surface area contributed by atoms with Crippen molar-refractivity contribution in [2.24, 2.45) is 0 Å². The highest BCUT2D eigenvalue weighted by Gasteiger charge is 2.32. The Morgan fingerprint density at radius 3 is 2.72 bits per heavy atom. The van der Waals surface area contributed by atoms with Gasteiger partial charge in [-0.25, -0.2) is 13.2 Å². The van der Waals surface area contributed by atoms with Gasteiger partial charge in [-0.3, -0.25) is 0 Å². The average molecular weight is 272 g/mol. The highest BCUT2D eigenvalue weighted by Crippen LogP contribution is 2.17. The van der Waals surface area contributed by atoms with Crippen molar-refractivity contribution < 1.29 is 13.2 Å². The lowest BCUT2D eigenvalue weighted by Crippen LogP contribution is -2.44. The zero-order valence-electron chi connectivity index (χ0n) is 10.6. The highest BCUT2D eigenvalue weighted by molar-refractivity contribution is 7.91. The summed E-state index contributed by atoms with van der Waals surface area (Å²) in [7, 11) is -3.04. The SMILES string of the molecule is CS(=O)(=O)[C@@H]1CCN(C(=O)N[C@@H]2C=CCCC2)C1. The molecule has 5 nitrogen and oxygen atoms in total. The van der Waals surface area contributed by atoms with Crippen LogP contribution in [0.2, 0.25) is 0 Å². The van der Waals surface area contributed by atoms with Gasteiger partial charge >= 0.3 is 6.03 Å². The molecule has 18 heavy (non-hydrogen) atoms. The molecule has 0 unspecified atom stereocenters. The van der Waals surface area contributed by atoms with Gasteiger partial charge in [0.1, 0.15) is 0 Å². The van der Waals surface area contributed by atoms with Crippen LogP contribution < -0.4 is 5.32 Å². The molecule has 0 spiro atoms. The molecule has 0 aromatic carbocycles. The van der Waals surface area contributed by atoms with E-state index in [0.29, 0.717) is 19.5 Å². The molecule has 2 rings (SSSR count). The molecule has 102 valence electrons. The van der Waals surface area contributed by atoms with E-state index in [4.69, 9.17) is 0 Å². The Bertz CT molecular complexity index is 444. The van der Waals surface area contributed by atoms with Crippen LogP contribution in [-0.4, -0.2) is 50.0 Å². The van der Waals surface area contributed by atoms with E-state index in [9.17, 15) is 13.2 Å². The number of likely N-dealkylation sites (tertiary alicyclic amines) is 1. The lowest BCUT2D eigenvalue weighted by atomic mass is 10.0. The maximum Gasteiger partial charge on any atom is 0.317 e. The molecule has 1 fully saturated rings. The summed E-state index contributed by atoms with van der Waals surface area (Å²) < 4.78 is 22.8. The second-order valence-electron chi connectivity index (χ2n) is 5.10. The first-order valence-corrected chi connectivity index (χ1v) is 8.33. The Labute approximate surface area is 108 Å². The van der Waals surface area contributed by atoms with Gasteiger partial charge in [0.25, 0.3) is 0 Å². The first kappa shape index (κ1) is 13.4. The third-order valence-corrected chi connectivity index (χ3v) is 5.20. The second-order valence-corrected chi connectivity index (χ2v) is 7.43. The summed E-state index contributed by atoms with van der Waals surface area (Å²) in [5.41, 5.74) is 0. The predicted octanol–water partition coefficient (Wildman–Crippen LogP) is 0.924. The highest BCUT2D eigenvalue weighted by atomic mass is 32.2. The molecule has 0 aromatic heterocycles. The van der Waals surface area contributed by atoms with Gasteiger partial charge in [0, 0.05) is 25.4 Å². The topological polar surface area (TPSA) is 66.5 Å². The van der Waals surface area contributed by atoms with Crippen LogP contribution in [-0.2, 0) is 9.84 Å². The van der Waals surface area contributed by atoms with Crippen molar-refractivity contribution >= 4 is 15.9 Å². The number of hydrogen-bond donors (Lipinski definition) is 1. The lowest BCUT2D eigenvalue weighted by molar-refractivity contribution is 0.206. The molecule has 2 atom stereocenters. The minimum atomic E-state index is -3.04.